The first kappa shape index (κ1) is 12.7. The van der Waals surface area contributed by atoms with Gasteiger partial charge >= 0.3 is 0 Å². The average Bonchev–Trinajstić information content (AvgIpc) is 2.70. The van der Waals surface area contributed by atoms with Gasteiger partial charge in [0.05, 0.1) is 6.10 Å². The summed E-state index contributed by atoms with van der Waals surface area (Å²) in [5, 5.41) is 1.39. The lowest BCUT2D eigenvalue weighted by molar-refractivity contribution is 0.104. The Bertz CT molecular complexity index is 364. The molecule has 1 nitrogen and oxygen atoms in total. The Kier molecular flexibility index (Phi) is 4.54. The van der Waals surface area contributed by atoms with Crippen LogP contribution in [0.15, 0.2) is 18.2 Å². The number of halogens is 3. The Morgan fingerprint density at radius 3 is 2.88 bits per heavy atom. The molecule has 0 bridgehead atoms. The largest absolute Gasteiger partial charge is 0.378 e. The van der Waals surface area contributed by atoms with E-state index in [0.29, 0.717) is 16.1 Å². The molecule has 1 aliphatic heterocycles. The number of rotatable bonds is 3. The molecule has 2 rings (SSSR count). The van der Waals surface area contributed by atoms with Gasteiger partial charge in [0.2, 0.25) is 0 Å². The van der Waals surface area contributed by atoms with E-state index in [1.165, 1.54) is 6.42 Å². The van der Waals surface area contributed by atoms with Crippen molar-refractivity contribution < 1.29 is 4.74 Å². The van der Waals surface area contributed by atoms with Gasteiger partial charge < -0.3 is 4.74 Å². The van der Waals surface area contributed by atoms with Gasteiger partial charge in [-0.05, 0) is 37.0 Å². The van der Waals surface area contributed by atoms with Crippen LogP contribution in [0.25, 0.3) is 0 Å². The zero-order valence-corrected chi connectivity index (χ0v) is 11.9. The summed E-state index contributed by atoms with van der Waals surface area (Å²) in [7, 11) is 0. The molecule has 1 aliphatic rings. The van der Waals surface area contributed by atoms with Gasteiger partial charge in [0, 0.05) is 21.5 Å². The standard InChI is InChI=1S/C12H13BrCl2O/c13-11(7-9-2-1-5-16-9)10-4-3-8(14)6-12(10)15/h3-4,6,9,11H,1-2,5,7H2. The van der Waals surface area contributed by atoms with E-state index in [1.807, 2.05) is 12.1 Å². The molecule has 1 aromatic rings. The predicted octanol–water partition coefficient (Wildman–Crippen LogP) is 5.00. The van der Waals surface area contributed by atoms with Crippen molar-refractivity contribution in [2.45, 2.75) is 30.2 Å². The van der Waals surface area contributed by atoms with Crippen molar-refractivity contribution in [2.24, 2.45) is 0 Å². The maximum absolute atomic E-state index is 6.15. The fraction of sp³-hybridized carbons (Fsp3) is 0.500. The van der Waals surface area contributed by atoms with E-state index in [9.17, 15) is 0 Å². The van der Waals surface area contributed by atoms with E-state index in [2.05, 4.69) is 15.9 Å². The molecule has 4 heteroatoms. The SMILES string of the molecule is Clc1ccc(C(Br)CC2CCCO2)c(Cl)c1. The highest BCUT2D eigenvalue weighted by molar-refractivity contribution is 9.09. The van der Waals surface area contributed by atoms with Gasteiger partial charge in [-0.3, -0.25) is 0 Å². The second kappa shape index (κ2) is 5.72. The Labute approximate surface area is 114 Å². The van der Waals surface area contributed by atoms with Gasteiger partial charge in [0.15, 0.2) is 0 Å². The Hall–Kier alpha value is 0.240. The van der Waals surface area contributed by atoms with Crippen LogP contribution >= 0.6 is 39.1 Å². The van der Waals surface area contributed by atoms with E-state index >= 15 is 0 Å². The van der Waals surface area contributed by atoms with Crippen molar-refractivity contribution in [3.8, 4) is 0 Å². The number of alkyl halides is 1. The van der Waals surface area contributed by atoms with E-state index in [4.69, 9.17) is 27.9 Å². The summed E-state index contributed by atoms with van der Waals surface area (Å²) >= 11 is 15.7. The summed E-state index contributed by atoms with van der Waals surface area (Å²) < 4.78 is 5.61. The lowest BCUT2D eigenvalue weighted by Gasteiger charge is -2.16. The fourth-order valence-electron chi connectivity index (χ4n) is 1.94. The Balaban J connectivity index is 2.04. The molecule has 1 aromatic carbocycles. The summed E-state index contributed by atoms with van der Waals surface area (Å²) in [6.07, 6.45) is 3.63. The third-order valence-electron chi connectivity index (χ3n) is 2.79. The van der Waals surface area contributed by atoms with Crippen LogP contribution in [0.2, 0.25) is 10.0 Å². The predicted molar refractivity (Wildman–Crippen MR) is 71.7 cm³/mol. The molecule has 0 radical (unpaired) electrons. The molecule has 1 heterocycles. The quantitative estimate of drug-likeness (QED) is 0.711. The summed E-state index contributed by atoms with van der Waals surface area (Å²) in [6, 6.07) is 5.62. The van der Waals surface area contributed by atoms with E-state index < -0.39 is 0 Å². The first-order chi connectivity index (χ1) is 7.66. The van der Waals surface area contributed by atoms with Crippen molar-refractivity contribution in [1.29, 1.82) is 0 Å². The van der Waals surface area contributed by atoms with Crippen LogP contribution < -0.4 is 0 Å². The molecule has 2 unspecified atom stereocenters. The fourth-order valence-corrected chi connectivity index (χ4v) is 3.43. The van der Waals surface area contributed by atoms with Crippen LogP contribution in [0.5, 0.6) is 0 Å². The highest BCUT2D eigenvalue weighted by Crippen LogP contribution is 2.36. The number of ether oxygens (including phenoxy) is 1. The normalized spacial score (nSPS) is 22.3. The smallest absolute Gasteiger partial charge is 0.0589 e. The summed E-state index contributed by atoms with van der Waals surface area (Å²) in [4.78, 5) is 0.236. The molecule has 16 heavy (non-hydrogen) atoms. The second-order valence-corrected chi connectivity index (χ2v) is 5.95. The highest BCUT2D eigenvalue weighted by Gasteiger charge is 2.21. The third kappa shape index (κ3) is 3.13. The average molecular weight is 324 g/mol. The first-order valence-electron chi connectivity index (χ1n) is 5.37. The maximum atomic E-state index is 6.15. The highest BCUT2D eigenvalue weighted by atomic mass is 79.9. The molecule has 88 valence electrons. The van der Waals surface area contributed by atoms with Crippen molar-refractivity contribution in [2.75, 3.05) is 6.61 Å². The van der Waals surface area contributed by atoms with Gasteiger partial charge in [-0.2, -0.15) is 0 Å². The van der Waals surface area contributed by atoms with Crippen LogP contribution in [0.3, 0.4) is 0 Å². The molecule has 0 amide bonds. The zero-order chi connectivity index (χ0) is 11.5. The van der Waals surface area contributed by atoms with Crippen molar-refractivity contribution in [3.05, 3.63) is 33.8 Å². The first-order valence-corrected chi connectivity index (χ1v) is 7.04. The van der Waals surface area contributed by atoms with Gasteiger partial charge in [-0.1, -0.05) is 45.2 Å². The minimum absolute atomic E-state index is 0.236. The minimum Gasteiger partial charge on any atom is -0.378 e. The maximum Gasteiger partial charge on any atom is 0.0589 e. The topological polar surface area (TPSA) is 9.23 Å². The van der Waals surface area contributed by atoms with Crippen LogP contribution in [0, 0.1) is 0 Å². The summed E-state index contributed by atoms with van der Waals surface area (Å²) in [5.74, 6) is 0. The molecule has 0 spiro atoms. The number of hydrogen-bond acceptors (Lipinski definition) is 1. The van der Waals surface area contributed by atoms with E-state index in [1.54, 1.807) is 6.07 Å². The van der Waals surface area contributed by atoms with Gasteiger partial charge in [0.25, 0.3) is 0 Å². The van der Waals surface area contributed by atoms with Gasteiger partial charge in [0.1, 0.15) is 0 Å². The van der Waals surface area contributed by atoms with E-state index in [0.717, 1.165) is 25.0 Å². The summed E-state index contributed by atoms with van der Waals surface area (Å²) in [5.41, 5.74) is 1.08. The number of benzene rings is 1. The molecule has 0 aliphatic carbocycles. The molecule has 1 saturated heterocycles. The number of hydrogen-bond donors (Lipinski definition) is 0. The Morgan fingerprint density at radius 2 is 2.25 bits per heavy atom. The zero-order valence-electron chi connectivity index (χ0n) is 8.76. The third-order valence-corrected chi connectivity index (χ3v) is 4.22. The molecule has 0 saturated carbocycles. The summed E-state index contributed by atoms with van der Waals surface area (Å²) in [6.45, 7) is 0.888. The molecular weight excluding hydrogens is 311 g/mol. The molecule has 0 N–H and O–H groups in total. The second-order valence-electron chi connectivity index (χ2n) is 4.00. The molecule has 0 aromatic heterocycles. The van der Waals surface area contributed by atoms with Gasteiger partial charge in [-0.15, -0.1) is 0 Å². The lowest BCUT2D eigenvalue weighted by Crippen LogP contribution is -2.08. The van der Waals surface area contributed by atoms with Crippen molar-refractivity contribution >= 4 is 39.1 Å². The van der Waals surface area contributed by atoms with Crippen LogP contribution in [-0.2, 0) is 4.74 Å². The van der Waals surface area contributed by atoms with Gasteiger partial charge in [-0.25, -0.2) is 0 Å². The van der Waals surface area contributed by atoms with Crippen LogP contribution in [0.4, 0.5) is 0 Å². The van der Waals surface area contributed by atoms with Crippen LogP contribution in [-0.4, -0.2) is 12.7 Å². The minimum atomic E-state index is 0.236. The molecular formula is C12H13BrCl2O. The lowest BCUT2D eigenvalue weighted by atomic mass is 10.0. The van der Waals surface area contributed by atoms with Crippen molar-refractivity contribution in [3.63, 3.8) is 0 Å². The molecule has 2 atom stereocenters. The molecule has 1 fully saturated rings. The van der Waals surface area contributed by atoms with E-state index in [-0.39, 0.29) is 4.83 Å². The Morgan fingerprint density at radius 1 is 1.44 bits per heavy atom. The van der Waals surface area contributed by atoms with Crippen LogP contribution in [0.1, 0.15) is 29.7 Å². The monoisotopic (exact) mass is 322 g/mol. The van der Waals surface area contributed by atoms with Crippen molar-refractivity contribution in [1.82, 2.24) is 0 Å².